The number of thioether (sulfide) groups is 1. The zero-order valence-corrected chi connectivity index (χ0v) is 10.5. The first kappa shape index (κ1) is 12.4. The third-order valence-electron chi connectivity index (χ3n) is 2.50. The minimum Gasteiger partial charge on any atom is -0.298 e. The van der Waals surface area contributed by atoms with Crippen LogP contribution in [0.1, 0.15) is 21.5 Å². The van der Waals surface area contributed by atoms with Crippen LogP contribution in [0.4, 0.5) is 0 Å². The van der Waals surface area contributed by atoms with Crippen molar-refractivity contribution in [3.63, 3.8) is 0 Å². The van der Waals surface area contributed by atoms with Crippen molar-refractivity contribution in [3.05, 3.63) is 65.2 Å². The molecular formula is C15H11NOS. The molecule has 0 bridgehead atoms. The van der Waals surface area contributed by atoms with Gasteiger partial charge in [-0.25, -0.2) is 0 Å². The lowest BCUT2D eigenvalue weighted by Crippen LogP contribution is -1.83. The lowest BCUT2D eigenvalue weighted by molar-refractivity contribution is 0.112. The summed E-state index contributed by atoms with van der Waals surface area (Å²) in [5.74, 6) is 0.853. The number of hydrogen-bond donors (Lipinski definition) is 0. The molecule has 0 aromatic heterocycles. The summed E-state index contributed by atoms with van der Waals surface area (Å²) in [4.78, 5) is 11.7. The minimum absolute atomic E-state index is 0.680. The van der Waals surface area contributed by atoms with Crippen molar-refractivity contribution in [1.29, 1.82) is 5.26 Å². The Morgan fingerprint density at radius 3 is 2.28 bits per heavy atom. The molecule has 0 aliphatic carbocycles. The number of nitriles is 1. The number of carbonyl (C=O) groups excluding carboxylic acids is 1. The zero-order chi connectivity index (χ0) is 12.8. The van der Waals surface area contributed by atoms with E-state index in [0.29, 0.717) is 11.1 Å². The maximum atomic E-state index is 10.5. The number of hydrogen-bond acceptors (Lipinski definition) is 3. The van der Waals surface area contributed by atoms with Gasteiger partial charge in [-0.05, 0) is 29.8 Å². The molecule has 3 heteroatoms. The molecule has 0 fully saturated rings. The predicted octanol–water partition coefficient (Wildman–Crippen LogP) is 3.66. The largest absolute Gasteiger partial charge is 0.298 e. The van der Waals surface area contributed by atoms with Crippen molar-refractivity contribution in [2.45, 2.75) is 10.6 Å². The lowest BCUT2D eigenvalue weighted by Gasteiger charge is -2.02. The Labute approximate surface area is 110 Å². The van der Waals surface area contributed by atoms with Gasteiger partial charge in [-0.15, -0.1) is 11.8 Å². The van der Waals surface area contributed by atoms with Gasteiger partial charge in [0.15, 0.2) is 0 Å². The van der Waals surface area contributed by atoms with E-state index in [4.69, 9.17) is 5.26 Å². The third-order valence-corrected chi connectivity index (χ3v) is 3.59. The molecule has 0 heterocycles. The Balaban J connectivity index is 1.97. The highest BCUT2D eigenvalue weighted by Gasteiger charge is 1.97. The van der Waals surface area contributed by atoms with E-state index in [1.807, 2.05) is 48.5 Å². The van der Waals surface area contributed by atoms with Gasteiger partial charge in [-0.2, -0.15) is 5.26 Å². The fourth-order valence-corrected chi connectivity index (χ4v) is 2.34. The van der Waals surface area contributed by atoms with Crippen LogP contribution in [-0.2, 0) is 5.75 Å². The Kier molecular flexibility index (Phi) is 4.16. The lowest BCUT2D eigenvalue weighted by atomic mass is 10.2. The Morgan fingerprint density at radius 1 is 1.06 bits per heavy atom. The highest BCUT2D eigenvalue weighted by Crippen LogP contribution is 2.22. The normalized spacial score (nSPS) is 9.72. The summed E-state index contributed by atoms with van der Waals surface area (Å²) in [6.07, 6.45) is 0.842. The van der Waals surface area contributed by atoms with E-state index in [9.17, 15) is 4.79 Å². The molecule has 0 aliphatic heterocycles. The summed E-state index contributed by atoms with van der Waals surface area (Å²) in [5, 5.41) is 8.70. The molecule has 2 aromatic rings. The maximum Gasteiger partial charge on any atom is 0.150 e. The van der Waals surface area contributed by atoms with Crippen molar-refractivity contribution in [1.82, 2.24) is 0 Å². The predicted molar refractivity (Wildman–Crippen MR) is 72.5 cm³/mol. The first-order chi connectivity index (χ1) is 8.81. The minimum atomic E-state index is 0.680. The molecule has 2 nitrogen and oxygen atoms in total. The Bertz CT molecular complexity index is 567. The van der Waals surface area contributed by atoms with E-state index >= 15 is 0 Å². The van der Waals surface area contributed by atoms with Gasteiger partial charge in [0.1, 0.15) is 6.29 Å². The summed E-state index contributed by atoms with van der Waals surface area (Å²) in [5.41, 5.74) is 2.55. The number of benzene rings is 2. The Hall–Kier alpha value is -2.05. The van der Waals surface area contributed by atoms with Crippen LogP contribution in [0, 0.1) is 11.3 Å². The maximum absolute atomic E-state index is 10.5. The van der Waals surface area contributed by atoms with Crippen LogP contribution < -0.4 is 0 Å². The zero-order valence-electron chi connectivity index (χ0n) is 9.67. The van der Waals surface area contributed by atoms with E-state index in [0.717, 1.165) is 16.9 Å². The van der Waals surface area contributed by atoms with Crippen molar-refractivity contribution >= 4 is 18.0 Å². The number of nitrogens with zero attached hydrogens (tertiary/aromatic N) is 1. The summed E-state index contributed by atoms with van der Waals surface area (Å²) in [6.45, 7) is 0. The molecule has 0 saturated heterocycles. The molecule has 0 spiro atoms. The van der Waals surface area contributed by atoms with Crippen LogP contribution in [0.15, 0.2) is 53.4 Å². The molecule has 0 aliphatic rings. The highest BCUT2D eigenvalue weighted by atomic mass is 32.2. The van der Waals surface area contributed by atoms with Crippen LogP contribution in [0.2, 0.25) is 0 Å². The second-order valence-corrected chi connectivity index (χ2v) is 4.83. The monoisotopic (exact) mass is 253 g/mol. The quantitative estimate of drug-likeness (QED) is 0.616. The third kappa shape index (κ3) is 3.22. The molecule has 2 rings (SSSR count). The summed E-state index contributed by atoms with van der Waals surface area (Å²) >= 11 is 1.71. The second kappa shape index (κ2) is 6.04. The van der Waals surface area contributed by atoms with Crippen LogP contribution in [0.3, 0.4) is 0 Å². The number of rotatable bonds is 4. The van der Waals surface area contributed by atoms with Gasteiger partial charge in [-0.3, -0.25) is 4.79 Å². The topological polar surface area (TPSA) is 40.9 Å². The molecule has 0 radical (unpaired) electrons. The van der Waals surface area contributed by atoms with E-state index in [1.165, 1.54) is 5.56 Å². The molecule has 0 N–H and O–H groups in total. The first-order valence-electron chi connectivity index (χ1n) is 5.49. The smallest absolute Gasteiger partial charge is 0.150 e. The van der Waals surface area contributed by atoms with E-state index in [-0.39, 0.29) is 0 Å². The first-order valence-corrected chi connectivity index (χ1v) is 6.47. The SMILES string of the molecule is N#Cc1ccc(CSc2ccc(C=O)cc2)cc1. The summed E-state index contributed by atoms with van der Waals surface area (Å²) in [6, 6.07) is 17.2. The fraction of sp³-hybridized carbons (Fsp3) is 0.0667. The fourth-order valence-electron chi connectivity index (χ4n) is 1.48. The molecule has 0 amide bonds. The van der Waals surface area contributed by atoms with Crippen molar-refractivity contribution < 1.29 is 4.79 Å². The average Bonchev–Trinajstić information content (AvgIpc) is 2.46. The second-order valence-electron chi connectivity index (χ2n) is 3.78. The number of aldehydes is 1. The van der Waals surface area contributed by atoms with Crippen LogP contribution in [-0.4, -0.2) is 6.29 Å². The molecule has 88 valence electrons. The molecule has 18 heavy (non-hydrogen) atoms. The molecule has 2 aromatic carbocycles. The van der Waals surface area contributed by atoms with Gasteiger partial charge in [0.05, 0.1) is 11.6 Å². The van der Waals surface area contributed by atoms with Gasteiger partial charge in [-0.1, -0.05) is 24.3 Å². The number of carbonyl (C=O) groups is 1. The van der Waals surface area contributed by atoms with Gasteiger partial charge in [0, 0.05) is 16.2 Å². The summed E-state index contributed by atoms with van der Waals surface area (Å²) < 4.78 is 0. The Morgan fingerprint density at radius 2 is 1.72 bits per heavy atom. The van der Waals surface area contributed by atoms with E-state index in [1.54, 1.807) is 11.8 Å². The highest BCUT2D eigenvalue weighted by molar-refractivity contribution is 7.98. The van der Waals surface area contributed by atoms with Crippen LogP contribution >= 0.6 is 11.8 Å². The van der Waals surface area contributed by atoms with Gasteiger partial charge in [0.2, 0.25) is 0 Å². The molecule has 0 atom stereocenters. The standard InChI is InChI=1S/C15H11NOS/c16-9-12-1-3-14(4-2-12)11-18-15-7-5-13(10-17)6-8-15/h1-8,10H,11H2. The van der Waals surface area contributed by atoms with E-state index in [2.05, 4.69) is 6.07 Å². The summed E-state index contributed by atoms with van der Waals surface area (Å²) in [7, 11) is 0. The van der Waals surface area contributed by atoms with Crippen molar-refractivity contribution in [2.24, 2.45) is 0 Å². The van der Waals surface area contributed by atoms with Crippen molar-refractivity contribution in [3.8, 4) is 6.07 Å². The van der Waals surface area contributed by atoms with Crippen LogP contribution in [0.25, 0.3) is 0 Å². The molecule has 0 saturated carbocycles. The van der Waals surface area contributed by atoms with Gasteiger partial charge < -0.3 is 0 Å². The van der Waals surface area contributed by atoms with E-state index < -0.39 is 0 Å². The molecule has 0 unspecified atom stereocenters. The molecular weight excluding hydrogens is 242 g/mol. The van der Waals surface area contributed by atoms with Crippen molar-refractivity contribution in [2.75, 3.05) is 0 Å². The van der Waals surface area contributed by atoms with Crippen LogP contribution in [0.5, 0.6) is 0 Å². The van der Waals surface area contributed by atoms with Gasteiger partial charge in [0.25, 0.3) is 0 Å². The average molecular weight is 253 g/mol. The van der Waals surface area contributed by atoms with Gasteiger partial charge >= 0.3 is 0 Å².